The number of amides is 1. The van der Waals surface area contributed by atoms with Gasteiger partial charge >= 0.3 is 0 Å². The molecule has 1 aromatic carbocycles. The number of piperidine rings is 1. The molecule has 1 fully saturated rings. The van der Waals surface area contributed by atoms with Crippen LogP contribution >= 0.6 is 0 Å². The molecule has 21 heavy (non-hydrogen) atoms. The van der Waals surface area contributed by atoms with Crippen molar-refractivity contribution in [3.63, 3.8) is 0 Å². The zero-order chi connectivity index (χ0) is 14.2. The summed E-state index contributed by atoms with van der Waals surface area (Å²) in [5.74, 6) is 1.40. The number of hydrogen-bond acceptors (Lipinski definition) is 4. The summed E-state index contributed by atoms with van der Waals surface area (Å²) in [6.07, 6.45) is 3.31. The van der Waals surface area contributed by atoms with E-state index in [-0.39, 0.29) is 5.91 Å². The molecule has 0 unspecified atom stereocenters. The molecular weight excluding hydrogens is 268 g/mol. The summed E-state index contributed by atoms with van der Waals surface area (Å²) in [4.78, 5) is 14.5. The Labute approximate surface area is 122 Å². The fraction of sp³-hybridized carbons (Fsp3) is 0.375. The zero-order valence-corrected chi connectivity index (χ0v) is 11.7. The normalized spacial score (nSPS) is 16.9. The Morgan fingerprint density at radius 1 is 1.14 bits per heavy atom. The lowest BCUT2D eigenvalue weighted by Crippen LogP contribution is -2.36. The van der Waals surface area contributed by atoms with E-state index in [1.165, 1.54) is 6.42 Å². The molecule has 1 aromatic heterocycles. The number of fused-ring (bicyclic) bond motifs is 3. The average molecular weight is 284 g/mol. The number of rotatable bonds is 1. The second-order valence-electron chi connectivity index (χ2n) is 5.48. The molecule has 2 aliphatic heterocycles. The highest BCUT2D eigenvalue weighted by Crippen LogP contribution is 2.38. The van der Waals surface area contributed by atoms with Crippen LogP contribution in [0.5, 0.6) is 5.75 Å². The Hall–Kier alpha value is -2.30. The topological polar surface area (TPSA) is 55.6 Å². The number of nitrogens with zero attached hydrogens (tertiary/aromatic N) is 2. The Morgan fingerprint density at radius 2 is 1.95 bits per heavy atom. The van der Waals surface area contributed by atoms with Gasteiger partial charge in [0.25, 0.3) is 5.91 Å². The summed E-state index contributed by atoms with van der Waals surface area (Å²) in [7, 11) is 0. The lowest BCUT2D eigenvalue weighted by atomic mass is 10.0. The van der Waals surface area contributed by atoms with Gasteiger partial charge in [-0.25, -0.2) is 0 Å². The number of carbonyl (C=O) groups excluding carboxylic acids is 1. The van der Waals surface area contributed by atoms with Gasteiger partial charge in [0, 0.05) is 13.1 Å². The van der Waals surface area contributed by atoms with Crippen molar-refractivity contribution in [1.82, 2.24) is 10.1 Å². The van der Waals surface area contributed by atoms with Crippen LogP contribution in [0.25, 0.3) is 11.3 Å². The van der Waals surface area contributed by atoms with Crippen molar-refractivity contribution in [2.75, 3.05) is 13.1 Å². The number of ether oxygens (including phenoxy) is 1. The number of benzene rings is 1. The fourth-order valence-corrected chi connectivity index (χ4v) is 3.00. The van der Waals surface area contributed by atoms with E-state index in [1.807, 2.05) is 29.2 Å². The first-order chi connectivity index (χ1) is 10.3. The molecule has 5 heteroatoms. The Morgan fingerprint density at radius 3 is 2.81 bits per heavy atom. The van der Waals surface area contributed by atoms with Crippen molar-refractivity contribution in [3.8, 4) is 17.1 Å². The third-order valence-electron chi connectivity index (χ3n) is 4.14. The number of likely N-dealkylation sites (tertiary alicyclic amines) is 1. The largest absolute Gasteiger partial charge is 0.488 e. The number of hydrogen-bond donors (Lipinski definition) is 0. The van der Waals surface area contributed by atoms with Gasteiger partial charge in [0.2, 0.25) is 0 Å². The molecule has 0 aliphatic carbocycles. The van der Waals surface area contributed by atoms with Gasteiger partial charge in [-0.15, -0.1) is 0 Å². The van der Waals surface area contributed by atoms with Crippen molar-refractivity contribution in [2.45, 2.75) is 25.9 Å². The maximum atomic E-state index is 12.6. The highest BCUT2D eigenvalue weighted by molar-refractivity contribution is 5.95. The molecule has 2 aromatic rings. The van der Waals surface area contributed by atoms with Crippen LogP contribution in [0.1, 0.15) is 35.3 Å². The maximum absolute atomic E-state index is 12.6. The van der Waals surface area contributed by atoms with E-state index in [9.17, 15) is 4.79 Å². The standard InChI is InChI=1S/C16H16N2O3/c19-16(18-8-4-1-5-9-18)14-12-10-20-13-7-3-2-6-11(13)15(12)21-17-14/h2-3,6-7H,1,4-5,8-10H2. The number of para-hydroxylation sites is 1. The van der Waals surface area contributed by atoms with Gasteiger partial charge in [0.05, 0.1) is 11.1 Å². The monoisotopic (exact) mass is 284 g/mol. The second-order valence-corrected chi connectivity index (χ2v) is 5.48. The van der Waals surface area contributed by atoms with Crippen LogP contribution in [0.3, 0.4) is 0 Å². The van der Waals surface area contributed by atoms with E-state index in [2.05, 4.69) is 5.16 Å². The van der Waals surface area contributed by atoms with Gasteiger partial charge in [-0.05, 0) is 31.4 Å². The molecule has 0 bridgehead atoms. The number of carbonyl (C=O) groups is 1. The summed E-state index contributed by atoms with van der Waals surface area (Å²) in [6.45, 7) is 1.95. The van der Waals surface area contributed by atoms with Crippen LogP contribution < -0.4 is 4.74 Å². The number of aromatic nitrogens is 1. The molecule has 1 amide bonds. The summed E-state index contributed by atoms with van der Waals surface area (Å²) < 4.78 is 11.2. The van der Waals surface area contributed by atoms with E-state index in [1.54, 1.807) is 0 Å². The molecule has 1 saturated heterocycles. The van der Waals surface area contributed by atoms with Crippen LogP contribution in [0.2, 0.25) is 0 Å². The predicted octanol–water partition coefficient (Wildman–Crippen LogP) is 2.86. The van der Waals surface area contributed by atoms with Crippen molar-refractivity contribution in [1.29, 1.82) is 0 Å². The zero-order valence-electron chi connectivity index (χ0n) is 11.7. The SMILES string of the molecule is O=C(c1noc2c1COc1ccccc1-2)N1CCCCC1. The van der Waals surface area contributed by atoms with Crippen LogP contribution in [-0.2, 0) is 6.61 Å². The van der Waals surface area contributed by atoms with Gasteiger partial charge in [-0.3, -0.25) is 4.79 Å². The van der Waals surface area contributed by atoms with E-state index in [4.69, 9.17) is 9.26 Å². The van der Waals surface area contributed by atoms with Gasteiger partial charge in [0.1, 0.15) is 12.4 Å². The third kappa shape index (κ3) is 2.00. The molecule has 0 spiro atoms. The molecule has 3 heterocycles. The van der Waals surface area contributed by atoms with Gasteiger partial charge < -0.3 is 14.2 Å². The molecule has 5 nitrogen and oxygen atoms in total. The van der Waals surface area contributed by atoms with Crippen LogP contribution in [0.4, 0.5) is 0 Å². The fourth-order valence-electron chi connectivity index (χ4n) is 3.00. The Balaban J connectivity index is 1.71. The first-order valence-corrected chi connectivity index (χ1v) is 7.34. The molecule has 0 saturated carbocycles. The lowest BCUT2D eigenvalue weighted by molar-refractivity contribution is 0.0711. The molecule has 2 aliphatic rings. The van der Waals surface area contributed by atoms with E-state index in [0.29, 0.717) is 18.1 Å². The molecule has 0 atom stereocenters. The summed E-state index contributed by atoms with van der Waals surface area (Å²) in [5, 5.41) is 4.03. The highest BCUT2D eigenvalue weighted by Gasteiger charge is 2.31. The van der Waals surface area contributed by atoms with Gasteiger partial charge in [-0.2, -0.15) is 0 Å². The minimum absolute atomic E-state index is 0.0392. The Bertz CT molecular complexity index is 687. The third-order valence-corrected chi connectivity index (χ3v) is 4.14. The first kappa shape index (κ1) is 12.4. The summed E-state index contributed by atoms with van der Waals surface area (Å²) in [5.41, 5.74) is 2.04. The lowest BCUT2D eigenvalue weighted by Gasteiger charge is -2.26. The maximum Gasteiger partial charge on any atom is 0.276 e. The predicted molar refractivity (Wildman–Crippen MR) is 76.0 cm³/mol. The second kappa shape index (κ2) is 4.91. The molecule has 108 valence electrons. The van der Waals surface area contributed by atoms with Crippen LogP contribution in [-0.4, -0.2) is 29.1 Å². The first-order valence-electron chi connectivity index (χ1n) is 7.34. The van der Waals surface area contributed by atoms with Crippen molar-refractivity contribution in [3.05, 3.63) is 35.5 Å². The molecule has 4 rings (SSSR count). The van der Waals surface area contributed by atoms with E-state index >= 15 is 0 Å². The van der Waals surface area contributed by atoms with Crippen molar-refractivity contribution in [2.24, 2.45) is 0 Å². The van der Waals surface area contributed by atoms with Crippen LogP contribution in [0.15, 0.2) is 28.8 Å². The summed E-state index contributed by atoms with van der Waals surface area (Å²) >= 11 is 0. The smallest absolute Gasteiger partial charge is 0.276 e. The van der Waals surface area contributed by atoms with Gasteiger partial charge in [0.15, 0.2) is 11.5 Å². The van der Waals surface area contributed by atoms with Gasteiger partial charge in [-0.1, -0.05) is 17.3 Å². The molecule has 0 radical (unpaired) electrons. The van der Waals surface area contributed by atoms with Crippen molar-refractivity contribution >= 4 is 5.91 Å². The van der Waals surface area contributed by atoms with E-state index in [0.717, 1.165) is 42.8 Å². The van der Waals surface area contributed by atoms with E-state index < -0.39 is 0 Å². The Kier molecular flexibility index (Phi) is 2.91. The highest BCUT2D eigenvalue weighted by atomic mass is 16.5. The minimum atomic E-state index is -0.0392. The average Bonchev–Trinajstić information content (AvgIpc) is 2.99. The molecule has 0 N–H and O–H groups in total. The molecular formula is C16H16N2O3. The quantitative estimate of drug-likeness (QED) is 0.808. The minimum Gasteiger partial charge on any atom is -0.488 e. The van der Waals surface area contributed by atoms with Crippen molar-refractivity contribution < 1.29 is 14.1 Å². The summed E-state index contributed by atoms with van der Waals surface area (Å²) in [6, 6.07) is 7.66. The van der Waals surface area contributed by atoms with Crippen LogP contribution in [0, 0.1) is 0 Å².